The molecule has 1 aromatic heterocycles. The maximum absolute atomic E-state index is 12.8. The lowest BCUT2D eigenvalue weighted by molar-refractivity contribution is -0.00903. The predicted octanol–water partition coefficient (Wildman–Crippen LogP) is 2.91. The number of nitrogens with one attached hydrogen (secondary N) is 1. The first-order valence-electron chi connectivity index (χ1n) is 9.15. The average molecular weight is 357 g/mol. The topological polar surface area (TPSA) is 65.4 Å². The number of amides is 1. The van der Waals surface area contributed by atoms with Gasteiger partial charge in [0.2, 0.25) is 0 Å². The summed E-state index contributed by atoms with van der Waals surface area (Å²) in [5.74, 6) is -0.144. The van der Waals surface area contributed by atoms with E-state index in [1.165, 1.54) is 0 Å². The number of benzene rings is 1. The zero-order valence-corrected chi connectivity index (χ0v) is 15.9. The third-order valence-electron chi connectivity index (χ3n) is 4.74. The van der Waals surface area contributed by atoms with Gasteiger partial charge in [-0.15, -0.1) is 0 Å². The van der Waals surface area contributed by atoms with E-state index in [0.717, 1.165) is 22.4 Å². The Morgan fingerprint density at radius 1 is 1.35 bits per heavy atom. The highest BCUT2D eigenvalue weighted by molar-refractivity contribution is 5.94. The molecule has 1 amide bonds. The van der Waals surface area contributed by atoms with E-state index >= 15 is 0 Å². The molecule has 6 heteroatoms. The molecule has 3 rings (SSSR count). The molecular weight excluding hydrogens is 330 g/mol. The van der Waals surface area contributed by atoms with Crippen LogP contribution in [0.25, 0.3) is 0 Å². The van der Waals surface area contributed by atoms with E-state index in [1.54, 1.807) is 4.68 Å². The average Bonchev–Trinajstić information content (AvgIpc) is 2.95. The first-order valence-corrected chi connectivity index (χ1v) is 9.15. The summed E-state index contributed by atoms with van der Waals surface area (Å²) in [6, 6.07) is 8.00. The van der Waals surface area contributed by atoms with Gasteiger partial charge in [-0.3, -0.25) is 9.48 Å². The minimum atomic E-state index is -0.144. The molecule has 0 saturated heterocycles. The summed E-state index contributed by atoms with van der Waals surface area (Å²) in [6.07, 6.45) is 0.733. The van der Waals surface area contributed by atoms with Gasteiger partial charge >= 0.3 is 0 Å². The third kappa shape index (κ3) is 3.81. The Balaban J connectivity index is 1.75. The summed E-state index contributed by atoms with van der Waals surface area (Å²) in [5, 5.41) is 7.48. The lowest BCUT2D eigenvalue weighted by Crippen LogP contribution is -2.27. The summed E-state index contributed by atoms with van der Waals surface area (Å²) in [5.41, 5.74) is 4.65. The van der Waals surface area contributed by atoms with E-state index < -0.39 is 0 Å². The molecule has 140 valence electrons. The zero-order valence-electron chi connectivity index (χ0n) is 15.9. The van der Waals surface area contributed by atoms with E-state index in [9.17, 15) is 4.79 Å². The molecule has 1 N–H and O–H groups in total. The molecule has 2 heterocycles. The second-order valence-electron chi connectivity index (χ2n) is 6.72. The largest absolute Gasteiger partial charge is 0.377 e. The first kappa shape index (κ1) is 18.6. The Bertz CT molecular complexity index is 785. The Morgan fingerprint density at radius 2 is 2.08 bits per heavy atom. The van der Waals surface area contributed by atoms with E-state index in [2.05, 4.69) is 10.4 Å². The smallest absolute Gasteiger partial charge is 0.272 e. The second-order valence-corrected chi connectivity index (χ2v) is 6.72. The van der Waals surface area contributed by atoms with E-state index in [0.29, 0.717) is 31.9 Å². The van der Waals surface area contributed by atoms with Crippen LogP contribution in [0.4, 0.5) is 0 Å². The minimum Gasteiger partial charge on any atom is -0.377 e. The molecule has 0 fully saturated rings. The Morgan fingerprint density at radius 3 is 2.81 bits per heavy atom. The third-order valence-corrected chi connectivity index (χ3v) is 4.74. The molecule has 6 nitrogen and oxygen atoms in total. The normalized spacial score (nSPS) is 19.2. The van der Waals surface area contributed by atoms with E-state index in [4.69, 9.17) is 9.47 Å². The highest BCUT2D eigenvalue weighted by Crippen LogP contribution is 2.31. The Labute approximate surface area is 154 Å². The number of nitrogens with zero attached hydrogens (tertiary/aromatic N) is 2. The fourth-order valence-electron chi connectivity index (χ4n) is 3.56. The number of carbonyl (C=O) groups is 1. The maximum Gasteiger partial charge on any atom is 0.272 e. The van der Waals surface area contributed by atoms with Crippen LogP contribution < -0.4 is 5.32 Å². The summed E-state index contributed by atoms with van der Waals surface area (Å²) < 4.78 is 13.1. The molecule has 1 aromatic carbocycles. The predicted molar refractivity (Wildman–Crippen MR) is 98.8 cm³/mol. The van der Waals surface area contributed by atoms with Crippen molar-refractivity contribution in [3.63, 3.8) is 0 Å². The molecule has 1 aliphatic rings. The van der Waals surface area contributed by atoms with Crippen molar-refractivity contribution >= 4 is 5.91 Å². The number of aryl methyl sites for hydroxylation is 1. The molecule has 2 aromatic rings. The van der Waals surface area contributed by atoms with Crippen LogP contribution in [0, 0.1) is 0 Å². The van der Waals surface area contributed by atoms with Gasteiger partial charge in [-0.2, -0.15) is 5.10 Å². The van der Waals surface area contributed by atoms with Crippen molar-refractivity contribution in [3.8, 4) is 0 Å². The molecular formula is C20H27N3O3. The summed E-state index contributed by atoms with van der Waals surface area (Å²) >= 11 is 0. The molecule has 0 bridgehead atoms. The van der Waals surface area contributed by atoms with Crippen LogP contribution in [0.3, 0.4) is 0 Å². The molecule has 0 spiro atoms. The van der Waals surface area contributed by atoms with Crippen LogP contribution >= 0.6 is 0 Å². The lowest BCUT2D eigenvalue weighted by Gasteiger charge is -2.26. The number of fused-ring (bicyclic) bond motifs is 1. The molecule has 0 radical (unpaired) electrons. The lowest BCUT2D eigenvalue weighted by atomic mass is 9.99. The van der Waals surface area contributed by atoms with Gasteiger partial charge in [0.1, 0.15) is 0 Å². The van der Waals surface area contributed by atoms with E-state index in [1.807, 2.05) is 52.1 Å². The maximum atomic E-state index is 12.8. The van der Waals surface area contributed by atoms with Crippen LogP contribution in [0.15, 0.2) is 24.3 Å². The first-order chi connectivity index (χ1) is 12.5. The number of rotatable bonds is 6. The van der Waals surface area contributed by atoms with Gasteiger partial charge in [0.05, 0.1) is 24.5 Å². The molecule has 0 saturated carbocycles. The minimum absolute atomic E-state index is 0.0558. The monoisotopic (exact) mass is 357 g/mol. The van der Waals surface area contributed by atoms with Gasteiger partial charge in [0.25, 0.3) is 5.91 Å². The van der Waals surface area contributed by atoms with Crippen molar-refractivity contribution in [2.24, 2.45) is 7.05 Å². The molecule has 0 aliphatic carbocycles. The van der Waals surface area contributed by atoms with Gasteiger partial charge in [-0.25, -0.2) is 0 Å². The van der Waals surface area contributed by atoms with Crippen molar-refractivity contribution in [2.75, 3.05) is 6.61 Å². The van der Waals surface area contributed by atoms with Crippen LogP contribution in [0.5, 0.6) is 0 Å². The zero-order chi connectivity index (χ0) is 18.7. The number of carbonyl (C=O) groups excluding carboxylic acids is 1. The van der Waals surface area contributed by atoms with Gasteiger partial charge in [-0.05, 0) is 31.9 Å². The number of hydrogen-bond donors (Lipinski definition) is 1. The summed E-state index contributed by atoms with van der Waals surface area (Å²) in [7, 11) is 1.86. The van der Waals surface area contributed by atoms with Gasteiger partial charge < -0.3 is 14.8 Å². The highest BCUT2D eigenvalue weighted by Gasteiger charge is 2.31. The standard InChI is InChI=1S/C20H27N3O3/c1-5-25-12-16-9-7-6-8-15(16)11-21-20(24)18-17-10-13(2)26-14(3)19(17)23(4)22-18/h6-9,13-14H,5,10-12H2,1-4H3,(H,21,24)/t13-,14+/m0/s1. The molecule has 0 unspecified atom stereocenters. The van der Waals surface area contributed by atoms with Crippen LogP contribution in [-0.2, 0) is 36.1 Å². The highest BCUT2D eigenvalue weighted by atomic mass is 16.5. The molecule has 26 heavy (non-hydrogen) atoms. The van der Waals surface area contributed by atoms with Crippen molar-refractivity contribution in [2.45, 2.75) is 52.6 Å². The Hall–Kier alpha value is -2.18. The molecule has 2 atom stereocenters. The van der Waals surface area contributed by atoms with Crippen molar-refractivity contribution in [1.82, 2.24) is 15.1 Å². The van der Waals surface area contributed by atoms with Crippen LogP contribution in [-0.4, -0.2) is 28.4 Å². The number of hydrogen-bond acceptors (Lipinski definition) is 4. The summed E-state index contributed by atoms with van der Waals surface area (Å²) in [6.45, 7) is 7.67. The second kappa shape index (κ2) is 8.01. The van der Waals surface area contributed by atoms with E-state index in [-0.39, 0.29) is 18.1 Å². The van der Waals surface area contributed by atoms with Crippen LogP contribution in [0.1, 0.15) is 59.7 Å². The fourth-order valence-corrected chi connectivity index (χ4v) is 3.56. The van der Waals surface area contributed by atoms with Gasteiger partial charge in [0.15, 0.2) is 5.69 Å². The number of aromatic nitrogens is 2. The van der Waals surface area contributed by atoms with Crippen molar-refractivity contribution < 1.29 is 14.3 Å². The van der Waals surface area contributed by atoms with Crippen LogP contribution in [0.2, 0.25) is 0 Å². The van der Waals surface area contributed by atoms with Gasteiger partial charge in [-0.1, -0.05) is 24.3 Å². The number of ether oxygens (including phenoxy) is 2. The summed E-state index contributed by atoms with van der Waals surface area (Å²) in [4.78, 5) is 12.8. The molecule has 1 aliphatic heterocycles. The van der Waals surface area contributed by atoms with Crippen molar-refractivity contribution in [3.05, 3.63) is 52.3 Å². The van der Waals surface area contributed by atoms with Crippen molar-refractivity contribution in [1.29, 1.82) is 0 Å². The fraction of sp³-hybridized carbons (Fsp3) is 0.500. The van der Waals surface area contributed by atoms with Gasteiger partial charge in [0, 0.05) is 32.2 Å². The SMILES string of the molecule is CCOCc1ccccc1CNC(=O)c1nn(C)c2c1C[C@H](C)O[C@@H]2C. The Kier molecular flexibility index (Phi) is 5.74. The quantitative estimate of drug-likeness (QED) is 0.863.